The zero-order valence-corrected chi connectivity index (χ0v) is 8.50. The Labute approximate surface area is 79.7 Å². The molecule has 2 N–H and O–H groups in total. The van der Waals surface area contributed by atoms with Gasteiger partial charge in [0.05, 0.1) is 11.8 Å². The van der Waals surface area contributed by atoms with Gasteiger partial charge in [-0.15, -0.1) is 0 Å². The highest BCUT2D eigenvalue weighted by Crippen LogP contribution is 2.23. The van der Waals surface area contributed by atoms with Crippen molar-refractivity contribution in [2.45, 2.75) is 33.3 Å². The van der Waals surface area contributed by atoms with Crippen LogP contribution in [0.2, 0.25) is 0 Å². The van der Waals surface area contributed by atoms with Gasteiger partial charge >= 0.3 is 0 Å². The van der Waals surface area contributed by atoms with E-state index in [9.17, 15) is 0 Å². The summed E-state index contributed by atoms with van der Waals surface area (Å²) < 4.78 is 5.52. The van der Waals surface area contributed by atoms with Crippen LogP contribution in [0, 0.1) is 0 Å². The molecule has 0 spiro atoms. The molecule has 0 radical (unpaired) electrons. The number of ether oxygens (including phenoxy) is 1. The number of hydrogen-bond donors (Lipinski definition) is 1. The average molecular weight is 179 g/mol. The van der Waals surface area contributed by atoms with Crippen LogP contribution in [0.25, 0.3) is 0 Å². The maximum atomic E-state index is 5.82. The molecule has 0 atom stereocenters. The van der Waals surface area contributed by atoms with E-state index in [1.807, 2.05) is 32.0 Å². The Kier molecular flexibility index (Phi) is 3.18. The summed E-state index contributed by atoms with van der Waals surface area (Å²) >= 11 is 0. The second-order valence-corrected chi connectivity index (χ2v) is 3.39. The van der Waals surface area contributed by atoms with Gasteiger partial charge in [-0.25, -0.2) is 0 Å². The Hall–Kier alpha value is -1.18. The fraction of sp³-hybridized carbons (Fsp3) is 0.455. The van der Waals surface area contributed by atoms with Gasteiger partial charge in [0.15, 0.2) is 0 Å². The van der Waals surface area contributed by atoms with Crippen LogP contribution in [-0.4, -0.2) is 6.10 Å². The first-order chi connectivity index (χ1) is 6.13. The number of anilines is 1. The van der Waals surface area contributed by atoms with Crippen molar-refractivity contribution in [2.75, 3.05) is 5.73 Å². The molecule has 0 aromatic heterocycles. The third kappa shape index (κ3) is 2.65. The molecule has 72 valence electrons. The van der Waals surface area contributed by atoms with Crippen LogP contribution in [0.1, 0.15) is 26.3 Å². The van der Waals surface area contributed by atoms with Gasteiger partial charge in [-0.2, -0.15) is 0 Å². The number of rotatable bonds is 3. The topological polar surface area (TPSA) is 35.2 Å². The van der Waals surface area contributed by atoms with Gasteiger partial charge < -0.3 is 10.5 Å². The van der Waals surface area contributed by atoms with Crippen LogP contribution in [-0.2, 0) is 6.42 Å². The number of aryl methyl sites for hydroxylation is 1. The highest BCUT2D eigenvalue weighted by molar-refractivity contribution is 5.54. The van der Waals surface area contributed by atoms with E-state index < -0.39 is 0 Å². The predicted molar refractivity (Wildman–Crippen MR) is 56.0 cm³/mol. The Morgan fingerprint density at radius 3 is 2.54 bits per heavy atom. The molecule has 0 aliphatic rings. The van der Waals surface area contributed by atoms with Gasteiger partial charge in [-0.3, -0.25) is 0 Å². The van der Waals surface area contributed by atoms with E-state index in [1.165, 1.54) is 5.56 Å². The number of nitrogens with two attached hydrogens (primary N) is 1. The van der Waals surface area contributed by atoms with E-state index in [4.69, 9.17) is 10.5 Å². The lowest BCUT2D eigenvalue weighted by Gasteiger charge is -2.12. The molecule has 0 amide bonds. The van der Waals surface area contributed by atoms with Crippen LogP contribution >= 0.6 is 0 Å². The fourth-order valence-corrected chi connectivity index (χ4v) is 1.18. The van der Waals surface area contributed by atoms with Crippen LogP contribution in [0.5, 0.6) is 5.75 Å². The van der Waals surface area contributed by atoms with E-state index in [1.54, 1.807) is 0 Å². The maximum Gasteiger partial charge on any atom is 0.142 e. The molecular weight excluding hydrogens is 162 g/mol. The minimum atomic E-state index is 0.176. The zero-order valence-electron chi connectivity index (χ0n) is 8.50. The van der Waals surface area contributed by atoms with Crippen LogP contribution < -0.4 is 10.5 Å². The summed E-state index contributed by atoms with van der Waals surface area (Å²) in [5.74, 6) is 0.784. The summed E-state index contributed by atoms with van der Waals surface area (Å²) in [6.07, 6.45) is 1.18. The Balaban J connectivity index is 2.85. The summed E-state index contributed by atoms with van der Waals surface area (Å²) in [6, 6.07) is 5.96. The van der Waals surface area contributed by atoms with Crippen molar-refractivity contribution in [2.24, 2.45) is 0 Å². The number of hydrogen-bond acceptors (Lipinski definition) is 2. The Morgan fingerprint density at radius 1 is 1.38 bits per heavy atom. The summed E-state index contributed by atoms with van der Waals surface area (Å²) in [4.78, 5) is 0. The zero-order chi connectivity index (χ0) is 9.84. The van der Waals surface area contributed by atoms with Gasteiger partial charge in [0, 0.05) is 0 Å². The Morgan fingerprint density at radius 2 is 2.08 bits per heavy atom. The molecule has 0 fully saturated rings. The summed E-state index contributed by atoms with van der Waals surface area (Å²) in [6.45, 7) is 6.10. The lowest BCUT2D eigenvalue weighted by atomic mass is 10.1. The van der Waals surface area contributed by atoms with Crippen molar-refractivity contribution >= 4 is 5.69 Å². The normalized spacial score (nSPS) is 10.5. The van der Waals surface area contributed by atoms with Gasteiger partial charge in [0.2, 0.25) is 0 Å². The van der Waals surface area contributed by atoms with Crippen LogP contribution in [0.4, 0.5) is 5.69 Å². The molecule has 1 aromatic rings. The van der Waals surface area contributed by atoms with Crippen molar-refractivity contribution in [3.8, 4) is 5.75 Å². The number of benzene rings is 1. The molecule has 0 aliphatic carbocycles. The van der Waals surface area contributed by atoms with Gasteiger partial charge in [0.25, 0.3) is 0 Å². The highest BCUT2D eigenvalue weighted by atomic mass is 16.5. The minimum absolute atomic E-state index is 0.176. The second-order valence-electron chi connectivity index (χ2n) is 3.39. The largest absolute Gasteiger partial charge is 0.489 e. The molecule has 0 heterocycles. The van der Waals surface area contributed by atoms with Crippen molar-refractivity contribution < 1.29 is 4.74 Å². The molecule has 0 saturated heterocycles. The Bertz CT molecular complexity index is 281. The first-order valence-corrected chi connectivity index (χ1v) is 4.68. The standard InChI is InChI=1S/C11H17NO/c1-4-9-5-6-11(10(12)7-9)13-8(2)3/h5-8H,4,12H2,1-3H3. The second kappa shape index (κ2) is 4.17. The lowest BCUT2D eigenvalue weighted by Crippen LogP contribution is -2.07. The molecule has 13 heavy (non-hydrogen) atoms. The van der Waals surface area contributed by atoms with Crippen molar-refractivity contribution in [1.29, 1.82) is 0 Å². The van der Waals surface area contributed by atoms with Crippen molar-refractivity contribution in [1.82, 2.24) is 0 Å². The predicted octanol–water partition coefficient (Wildman–Crippen LogP) is 2.62. The molecule has 0 saturated carbocycles. The molecule has 1 rings (SSSR count). The SMILES string of the molecule is CCc1ccc(OC(C)C)c(N)c1. The van der Waals surface area contributed by atoms with Crippen molar-refractivity contribution in [3.05, 3.63) is 23.8 Å². The third-order valence-electron chi connectivity index (χ3n) is 1.85. The van der Waals surface area contributed by atoms with Crippen molar-refractivity contribution in [3.63, 3.8) is 0 Å². The molecule has 2 heteroatoms. The molecule has 0 aliphatic heterocycles. The quantitative estimate of drug-likeness (QED) is 0.724. The number of nitrogen functional groups attached to an aromatic ring is 1. The van der Waals surface area contributed by atoms with Crippen LogP contribution in [0.3, 0.4) is 0 Å². The molecule has 0 unspecified atom stereocenters. The average Bonchev–Trinajstić information content (AvgIpc) is 2.08. The first kappa shape index (κ1) is 9.90. The highest BCUT2D eigenvalue weighted by Gasteiger charge is 2.02. The van der Waals surface area contributed by atoms with E-state index >= 15 is 0 Å². The van der Waals surface area contributed by atoms with E-state index in [2.05, 4.69) is 6.92 Å². The van der Waals surface area contributed by atoms with Crippen LogP contribution in [0.15, 0.2) is 18.2 Å². The van der Waals surface area contributed by atoms with E-state index in [-0.39, 0.29) is 6.10 Å². The monoisotopic (exact) mass is 179 g/mol. The summed E-state index contributed by atoms with van der Waals surface area (Å²) in [5, 5.41) is 0. The first-order valence-electron chi connectivity index (χ1n) is 4.68. The van der Waals surface area contributed by atoms with Gasteiger partial charge in [0.1, 0.15) is 5.75 Å². The van der Waals surface area contributed by atoms with E-state index in [0.29, 0.717) is 0 Å². The molecule has 1 aromatic carbocycles. The molecule has 2 nitrogen and oxygen atoms in total. The van der Waals surface area contributed by atoms with E-state index in [0.717, 1.165) is 17.9 Å². The van der Waals surface area contributed by atoms with Gasteiger partial charge in [-0.05, 0) is 38.0 Å². The summed E-state index contributed by atoms with van der Waals surface area (Å²) in [7, 11) is 0. The maximum absolute atomic E-state index is 5.82. The summed E-state index contributed by atoms with van der Waals surface area (Å²) in [5.41, 5.74) is 7.79. The molecular formula is C11H17NO. The molecule has 0 bridgehead atoms. The minimum Gasteiger partial charge on any atom is -0.489 e. The fourth-order valence-electron chi connectivity index (χ4n) is 1.18. The van der Waals surface area contributed by atoms with Gasteiger partial charge in [-0.1, -0.05) is 13.0 Å². The lowest BCUT2D eigenvalue weighted by molar-refractivity contribution is 0.244. The smallest absolute Gasteiger partial charge is 0.142 e. The third-order valence-corrected chi connectivity index (χ3v) is 1.85.